The second kappa shape index (κ2) is 4.49. The molecule has 0 unspecified atom stereocenters. The summed E-state index contributed by atoms with van der Waals surface area (Å²) in [4.78, 5) is 11.9. The van der Waals surface area contributed by atoms with Gasteiger partial charge in [0.15, 0.2) is 0 Å². The molecule has 1 aliphatic rings. The number of carbonyl (C=O) groups is 1. The average molecular weight is 213 g/mol. The van der Waals surface area contributed by atoms with E-state index in [1.54, 1.807) is 12.1 Å². The molecule has 1 saturated carbocycles. The Morgan fingerprint density at radius 1 is 1.25 bits per heavy atom. The molecule has 2 heteroatoms. The van der Waals surface area contributed by atoms with Crippen LogP contribution in [-0.4, -0.2) is 5.78 Å². The first-order valence-electron chi connectivity index (χ1n) is 5.73. The molecule has 0 spiro atoms. The Labute approximate surface area is 95.9 Å². The van der Waals surface area contributed by atoms with E-state index >= 15 is 0 Å². The van der Waals surface area contributed by atoms with E-state index in [4.69, 9.17) is 5.26 Å². The molecule has 0 aliphatic heterocycles. The molecule has 82 valence electrons. The van der Waals surface area contributed by atoms with Crippen molar-refractivity contribution < 1.29 is 4.79 Å². The van der Waals surface area contributed by atoms with Gasteiger partial charge in [0.25, 0.3) is 0 Å². The number of hydrogen-bond acceptors (Lipinski definition) is 2. The molecular formula is C14H15NO. The summed E-state index contributed by atoms with van der Waals surface area (Å²) >= 11 is 0. The van der Waals surface area contributed by atoms with Crippen LogP contribution in [0.5, 0.6) is 0 Å². The van der Waals surface area contributed by atoms with Crippen molar-refractivity contribution in [2.24, 2.45) is 5.92 Å². The Bertz CT molecular complexity index is 427. The van der Waals surface area contributed by atoms with E-state index in [2.05, 4.69) is 13.0 Å². The van der Waals surface area contributed by atoms with Crippen molar-refractivity contribution in [1.82, 2.24) is 0 Å². The van der Waals surface area contributed by atoms with E-state index in [0.717, 1.165) is 18.4 Å². The smallest absolute Gasteiger partial charge is 0.140 e. The first kappa shape index (κ1) is 10.9. The highest BCUT2D eigenvalue weighted by Crippen LogP contribution is 2.32. The molecule has 0 amide bonds. The van der Waals surface area contributed by atoms with E-state index in [-0.39, 0.29) is 5.92 Å². The Morgan fingerprint density at radius 3 is 2.50 bits per heavy atom. The minimum Gasteiger partial charge on any atom is -0.299 e. The maximum absolute atomic E-state index is 11.9. The van der Waals surface area contributed by atoms with Gasteiger partial charge in [0, 0.05) is 12.3 Å². The third kappa shape index (κ3) is 2.14. The van der Waals surface area contributed by atoms with Crippen molar-refractivity contribution in [3.05, 3.63) is 35.4 Å². The zero-order chi connectivity index (χ0) is 11.5. The van der Waals surface area contributed by atoms with Gasteiger partial charge in [-0.2, -0.15) is 5.26 Å². The zero-order valence-electron chi connectivity index (χ0n) is 9.44. The summed E-state index contributed by atoms with van der Waals surface area (Å²) in [6.07, 6.45) is 2.77. The zero-order valence-corrected chi connectivity index (χ0v) is 9.44. The number of benzene rings is 1. The van der Waals surface area contributed by atoms with Crippen LogP contribution in [0.3, 0.4) is 0 Å². The minimum atomic E-state index is 0.0592. The molecule has 0 saturated heterocycles. The number of nitrogens with zero attached hydrogens (tertiary/aromatic N) is 1. The molecule has 0 aromatic heterocycles. The van der Waals surface area contributed by atoms with E-state index in [1.807, 2.05) is 12.1 Å². The van der Waals surface area contributed by atoms with Gasteiger partial charge in [-0.15, -0.1) is 0 Å². The van der Waals surface area contributed by atoms with Crippen molar-refractivity contribution in [3.63, 3.8) is 0 Å². The Balaban J connectivity index is 2.18. The summed E-state index contributed by atoms with van der Waals surface area (Å²) in [5, 5.41) is 8.71. The third-order valence-electron chi connectivity index (χ3n) is 3.33. The molecule has 1 aromatic carbocycles. The molecule has 2 nitrogen and oxygen atoms in total. The van der Waals surface area contributed by atoms with Crippen LogP contribution in [-0.2, 0) is 4.79 Å². The van der Waals surface area contributed by atoms with Crippen molar-refractivity contribution in [3.8, 4) is 6.07 Å². The van der Waals surface area contributed by atoms with Gasteiger partial charge in [0.05, 0.1) is 11.6 Å². The largest absolute Gasteiger partial charge is 0.299 e. The maximum Gasteiger partial charge on any atom is 0.140 e. The molecule has 0 N–H and O–H groups in total. The topological polar surface area (TPSA) is 40.9 Å². The predicted octanol–water partition coefficient (Wildman–Crippen LogP) is 3.03. The Kier molecular flexibility index (Phi) is 3.05. The lowest BCUT2D eigenvalue weighted by Crippen LogP contribution is -2.21. The average Bonchev–Trinajstić information content (AvgIpc) is 2.29. The SMILES string of the molecule is C[C@H]1CC[C@H](c2ccc(C#N)cc2)C(=O)C1. The maximum atomic E-state index is 11.9. The van der Waals surface area contributed by atoms with Crippen LogP contribution in [0.25, 0.3) is 0 Å². The molecule has 1 aromatic rings. The normalized spacial score (nSPS) is 25.1. The van der Waals surface area contributed by atoms with Crippen LogP contribution in [0.15, 0.2) is 24.3 Å². The van der Waals surface area contributed by atoms with Gasteiger partial charge in [-0.1, -0.05) is 19.1 Å². The van der Waals surface area contributed by atoms with E-state index in [9.17, 15) is 4.79 Å². The quantitative estimate of drug-likeness (QED) is 0.719. The Hall–Kier alpha value is -1.62. The fourth-order valence-corrected chi connectivity index (χ4v) is 2.34. The molecule has 1 fully saturated rings. The van der Waals surface area contributed by atoms with Gasteiger partial charge < -0.3 is 0 Å². The van der Waals surface area contributed by atoms with Gasteiger partial charge >= 0.3 is 0 Å². The summed E-state index contributed by atoms with van der Waals surface area (Å²) in [6.45, 7) is 2.13. The highest BCUT2D eigenvalue weighted by atomic mass is 16.1. The standard InChI is InChI=1S/C14H15NO/c1-10-2-7-13(14(16)8-10)12-5-3-11(9-15)4-6-12/h3-6,10,13H,2,7-8H2,1H3/t10-,13+/m0/s1. The molecule has 2 atom stereocenters. The van der Waals surface area contributed by atoms with Gasteiger partial charge in [-0.25, -0.2) is 0 Å². The van der Waals surface area contributed by atoms with Crippen LogP contribution < -0.4 is 0 Å². The van der Waals surface area contributed by atoms with Crippen LogP contribution in [0.4, 0.5) is 0 Å². The van der Waals surface area contributed by atoms with E-state index in [0.29, 0.717) is 23.7 Å². The summed E-state index contributed by atoms with van der Waals surface area (Å²) in [5.74, 6) is 0.939. The van der Waals surface area contributed by atoms with E-state index in [1.165, 1.54) is 0 Å². The van der Waals surface area contributed by atoms with E-state index < -0.39 is 0 Å². The lowest BCUT2D eigenvalue weighted by molar-refractivity contribution is -0.123. The van der Waals surface area contributed by atoms with Gasteiger partial charge in [-0.05, 0) is 36.5 Å². The third-order valence-corrected chi connectivity index (χ3v) is 3.33. The summed E-state index contributed by atoms with van der Waals surface area (Å²) in [7, 11) is 0. The predicted molar refractivity (Wildman–Crippen MR) is 61.9 cm³/mol. The first-order valence-corrected chi connectivity index (χ1v) is 5.73. The van der Waals surface area contributed by atoms with Gasteiger partial charge in [-0.3, -0.25) is 4.79 Å². The highest BCUT2D eigenvalue weighted by Gasteiger charge is 2.27. The molecule has 0 heterocycles. The summed E-state index contributed by atoms with van der Waals surface area (Å²) < 4.78 is 0. The van der Waals surface area contributed by atoms with Gasteiger partial charge in [0.1, 0.15) is 5.78 Å². The Morgan fingerprint density at radius 2 is 1.94 bits per heavy atom. The van der Waals surface area contributed by atoms with Crippen molar-refractivity contribution in [1.29, 1.82) is 5.26 Å². The van der Waals surface area contributed by atoms with Gasteiger partial charge in [0.2, 0.25) is 0 Å². The minimum absolute atomic E-state index is 0.0592. The molecule has 0 radical (unpaired) electrons. The summed E-state index contributed by atoms with van der Waals surface area (Å²) in [5.41, 5.74) is 1.72. The number of Topliss-reactive ketones (excluding diaryl/α,β-unsaturated/α-hetero) is 1. The number of nitriles is 1. The number of hydrogen-bond donors (Lipinski definition) is 0. The van der Waals surface area contributed by atoms with Crippen molar-refractivity contribution >= 4 is 5.78 Å². The van der Waals surface area contributed by atoms with Crippen LogP contribution in [0.2, 0.25) is 0 Å². The van der Waals surface area contributed by atoms with Crippen LogP contribution >= 0.6 is 0 Å². The second-order valence-corrected chi connectivity index (χ2v) is 4.64. The lowest BCUT2D eigenvalue weighted by Gasteiger charge is -2.25. The van der Waals surface area contributed by atoms with Crippen LogP contribution in [0, 0.1) is 17.2 Å². The van der Waals surface area contributed by atoms with Crippen LogP contribution in [0.1, 0.15) is 43.2 Å². The lowest BCUT2D eigenvalue weighted by atomic mass is 9.78. The molecule has 0 bridgehead atoms. The number of rotatable bonds is 1. The highest BCUT2D eigenvalue weighted by molar-refractivity contribution is 5.86. The molecule has 1 aliphatic carbocycles. The fraction of sp³-hybridized carbons (Fsp3) is 0.429. The molecule has 2 rings (SSSR count). The van der Waals surface area contributed by atoms with Crippen molar-refractivity contribution in [2.75, 3.05) is 0 Å². The molecular weight excluding hydrogens is 198 g/mol. The summed E-state index contributed by atoms with van der Waals surface area (Å²) in [6, 6.07) is 9.50. The fourth-order valence-electron chi connectivity index (χ4n) is 2.34. The van der Waals surface area contributed by atoms with Crippen molar-refractivity contribution in [2.45, 2.75) is 32.1 Å². The monoisotopic (exact) mass is 213 g/mol. The number of ketones is 1. The molecule has 16 heavy (non-hydrogen) atoms. The number of carbonyl (C=O) groups excluding carboxylic acids is 1. The first-order chi connectivity index (χ1) is 7.70. The second-order valence-electron chi connectivity index (χ2n) is 4.64.